The Balaban J connectivity index is 1.47. The first-order valence-electron chi connectivity index (χ1n) is 9.26. The number of nitrogens with one attached hydrogen (secondary N) is 1. The molecule has 6 heteroatoms. The van der Waals surface area contributed by atoms with Crippen LogP contribution in [0.25, 0.3) is 11.1 Å². The Kier molecular flexibility index (Phi) is 4.68. The van der Waals surface area contributed by atoms with E-state index in [1.165, 1.54) is 19.1 Å². The van der Waals surface area contributed by atoms with Crippen LogP contribution in [0.4, 0.5) is 0 Å². The van der Waals surface area contributed by atoms with Crippen molar-refractivity contribution in [3.63, 3.8) is 0 Å². The summed E-state index contributed by atoms with van der Waals surface area (Å²) < 4.78 is 29.4. The molecule has 1 aliphatic carbocycles. The minimum absolute atomic E-state index is 0.0698. The van der Waals surface area contributed by atoms with E-state index in [9.17, 15) is 13.2 Å². The van der Waals surface area contributed by atoms with Crippen molar-refractivity contribution >= 4 is 15.7 Å². The predicted molar refractivity (Wildman–Crippen MR) is 103 cm³/mol. The van der Waals surface area contributed by atoms with Crippen LogP contribution in [0.3, 0.4) is 0 Å². The molecule has 1 amide bonds. The van der Waals surface area contributed by atoms with Gasteiger partial charge in [0.15, 0.2) is 9.84 Å². The van der Waals surface area contributed by atoms with Crippen LogP contribution in [0.2, 0.25) is 0 Å². The molecule has 1 saturated carbocycles. The molecular formula is C21H23NO4S. The highest BCUT2D eigenvalue weighted by molar-refractivity contribution is 7.90. The van der Waals surface area contributed by atoms with Crippen molar-refractivity contribution < 1.29 is 17.9 Å². The van der Waals surface area contributed by atoms with Gasteiger partial charge in [-0.15, -0.1) is 0 Å². The Morgan fingerprint density at radius 1 is 1.15 bits per heavy atom. The van der Waals surface area contributed by atoms with Crippen LogP contribution in [0.1, 0.15) is 24.8 Å². The average molecular weight is 385 g/mol. The number of amides is 1. The summed E-state index contributed by atoms with van der Waals surface area (Å²) >= 11 is 0. The van der Waals surface area contributed by atoms with E-state index in [-0.39, 0.29) is 12.0 Å². The number of para-hydroxylation sites is 1. The van der Waals surface area contributed by atoms with Gasteiger partial charge in [-0.2, -0.15) is 0 Å². The third kappa shape index (κ3) is 4.16. The molecule has 1 atom stereocenters. The highest BCUT2D eigenvalue weighted by Crippen LogP contribution is 2.39. The molecule has 1 aliphatic heterocycles. The monoisotopic (exact) mass is 385 g/mol. The lowest BCUT2D eigenvalue weighted by Gasteiger charge is -2.14. The van der Waals surface area contributed by atoms with Crippen molar-refractivity contribution in [2.24, 2.45) is 5.92 Å². The topological polar surface area (TPSA) is 72.5 Å². The third-order valence-corrected chi connectivity index (χ3v) is 6.25. The number of benzene rings is 2. The minimum atomic E-state index is -3.21. The normalized spacial score (nSPS) is 18.6. The molecule has 2 aliphatic rings. The largest absolute Gasteiger partial charge is 0.487 e. The molecule has 1 fully saturated rings. The number of ether oxygens (including phenoxy) is 1. The zero-order valence-electron chi connectivity index (χ0n) is 15.3. The van der Waals surface area contributed by atoms with Gasteiger partial charge in [-0.1, -0.05) is 30.3 Å². The summed E-state index contributed by atoms with van der Waals surface area (Å²) in [6, 6.07) is 12.8. The third-order valence-electron chi connectivity index (χ3n) is 5.12. The lowest BCUT2D eigenvalue weighted by atomic mass is 10.0. The van der Waals surface area contributed by atoms with Crippen LogP contribution < -0.4 is 10.1 Å². The Morgan fingerprint density at radius 2 is 1.89 bits per heavy atom. The number of sulfone groups is 1. The zero-order chi connectivity index (χ0) is 19.0. The molecule has 5 nitrogen and oxygen atoms in total. The van der Waals surface area contributed by atoms with Crippen LogP contribution in [0, 0.1) is 5.92 Å². The second kappa shape index (κ2) is 7.00. The summed E-state index contributed by atoms with van der Waals surface area (Å²) in [4.78, 5) is 12.2. The Labute approximate surface area is 159 Å². The molecule has 1 N–H and O–H groups in total. The van der Waals surface area contributed by atoms with Gasteiger partial charge in [0.1, 0.15) is 11.9 Å². The van der Waals surface area contributed by atoms with Gasteiger partial charge in [0, 0.05) is 24.7 Å². The molecule has 0 aromatic heterocycles. The van der Waals surface area contributed by atoms with Crippen LogP contribution in [0.15, 0.2) is 47.4 Å². The summed E-state index contributed by atoms with van der Waals surface area (Å²) in [5, 5.41) is 2.98. The van der Waals surface area contributed by atoms with Gasteiger partial charge >= 0.3 is 0 Å². The molecule has 0 unspecified atom stereocenters. The van der Waals surface area contributed by atoms with E-state index in [2.05, 4.69) is 5.32 Å². The lowest BCUT2D eigenvalue weighted by Crippen LogP contribution is -2.34. The molecule has 142 valence electrons. The standard InChI is InChI=1S/C21H23NO4S/c1-27(24,25)18-9-7-15(8-10-18)19-4-2-3-16-12-17(26-21(16)19)13-22-20(23)11-14-5-6-14/h2-4,7-10,14,17H,5-6,11-13H2,1H3,(H,22,23)/t17-/m1/s1. The first-order valence-corrected chi connectivity index (χ1v) is 11.1. The van der Waals surface area contributed by atoms with Gasteiger partial charge < -0.3 is 10.1 Å². The molecule has 2 aromatic rings. The Bertz CT molecular complexity index is 962. The highest BCUT2D eigenvalue weighted by Gasteiger charge is 2.28. The summed E-state index contributed by atoms with van der Waals surface area (Å²) in [6.45, 7) is 0.507. The van der Waals surface area contributed by atoms with Gasteiger partial charge in [0.25, 0.3) is 0 Å². The molecule has 0 bridgehead atoms. The smallest absolute Gasteiger partial charge is 0.220 e. The second-order valence-corrected chi connectivity index (χ2v) is 9.50. The summed E-state index contributed by atoms with van der Waals surface area (Å²) in [7, 11) is -3.21. The van der Waals surface area contributed by atoms with E-state index in [4.69, 9.17) is 4.74 Å². The average Bonchev–Trinajstić information content (AvgIpc) is 3.34. The van der Waals surface area contributed by atoms with Gasteiger partial charge in [0.2, 0.25) is 5.91 Å². The van der Waals surface area contributed by atoms with Gasteiger partial charge in [-0.3, -0.25) is 4.79 Å². The predicted octanol–water partition coefficient (Wildman–Crippen LogP) is 2.98. The van der Waals surface area contributed by atoms with E-state index in [0.29, 0.717) is 23.8 Å². The Morgan fingerprint density at radius 3 is 2.56 bits per heavy atom. The molecule has 2 aromatic carbocycles. The number of hydrogen-bond acceptors (Lipinski definition) is 4. The fourth-order valence-electron chi connectivity index (χ4n) is 3.45. The highest BCUT2D eigenvalue weighted by atomic mass is 32.2. The first kappa shape index (κ1) is 18.0. The molecule has 0 spiro atoms. The maximum absolute atomic E-state index is 11.9. The quantitative estimate of drug-likeness (QED) is 0.830. The van der Waals surface area contributed by atoms with E-state index in [0.717, 1.165) is 28.9 Å². The number of carbonyl (C=O) groups is 1. The van der Waals surface area contributed by atoms with Crippen molar-refractivity contribution in [3.8, 4) is 16.9 Å². The molecule has 0 saturated heterocycles. The van der Waals surface area contributed by atoms with Crippen LogP contribution in [-0.4, -0.2) is 33.2 Å². The SMILES string of the molecule is CS(=O)(=O)c1ccc(-c2cccc3c2O[C@@H](CNC(=O)CC2CC2)C3)cc1. The van der Waals surface area contributed by atoms with Gasteiger partial charge in [0.05, 0.1) is 11.4 Å². The number of rotatable bonds is 6. The fraction of sp³-hybridized carbons (Fsp3) is 0.381. The van der Waals surface area contributed by atoms with Gasteiger partial charge in [-0.25, -0.2) is 8.42 Å². The van der Waals surface area contributed by atoms with Crippen molar-refractivity contribution in [3.05, 3.63) is 48.0 Å². The van der Waals surface area contributed by atoms with Crippen molar-refractivity contribution in [1.29, 1.82) is 0 Å². The van der Waals surface area contributed by atoms with Crippen molar-refractivity contribution in [2.45, 2.75) is 36.7 Å². The van der Waals surface area contributed by atoms with Gasteiger partial charge in [-0.05, 0) is 42.0 Å². The Hall–Kier alpha value is -2.34. The number of fused-ring (bicyclic) bond motifs is 1. The van der Waals surface area contributed by atoms with E-state index >= 15 is 0 Å². The maximum Gasteiger partial charge on any atom is 0.220 e. The fourth-order valence-corrected chi connectivity index (χ4v) is 4.08. The molecular weight excluding hydrogens is 362 g/mol. The van der Waals surface area contributed by atoms with Crippen LogP contribution in [0.5, 0.6) is 5.75 Å². The lowest BCUT2D eigenvalue weighted by molar-refractivity contribution is -0.121. The van der Waals surface area contributed by atoms with E-state index in [1.54, 1.807) is 24.3 Å². The summed E-state index contributed by atoms with van der Waals surface area (Å²) in [6.07, 6.45) is 4.85. The molecule has 0 radical (unpaired) electrons. The van der Waals surface area contributed by atoms with E-state index in [1.807, 2.05) is 18.2 Å². The van der Waals surface area contributed by atoms with Crippen molar-refractivity contribution in [2.75, 3.05) is 12.8 Å². The van der Waals surface area contributed by atoms with Crippen molar-refractivity contribution in [1.82, 2.24) is 5.32 Å². The maximum atomic E-state index is 11.9. The van der Waals surface area contributed by atoms with E-state index < -0.39 is 9.84 Å². The number of carbonyl (C=O) groups excluding carboxylic acids is 1. The molecule has 4 rings (SSSR count). The summed E-state index contributed by atoms with van der Waals surface area (Å²) in [5.41, 5.74) is 2.97. The minimum Gasteiger partial charge on any atom is -0.487 e. The van der Waals surface area contributed by atoms with Crippen LogP contribution in [-0.2, 0) is 21.1 Å². The number of hydrogen-bond donors (Lipinski definition) is 1. The molecule has 1 heterocycles. The molecule has 27 heavy (non-hydrogen) atoms. The summed E-state index contributed by atoms with van der Waals surface area (Å²) in [5.74, 6) is 1.51. The second-order valence-electron chi connectivity index (χ2n) is 7.49. The first-order chi connectivity index (χ1) is 12.9. The zero-order valence-corrected chi connectivity index (χ0v) is 16.1. The van der Waals surface area contributed by atoms with Crippen LogP contribution >= 0.6 is 0 Å².